The lowest BCUT2D eigenvalue weighted by molar-refractivity contribution is -0.136. The predicted molar refractivity (Wildman–Crippen MR) is 105 cm³/mol. The van der Waals surface area contributed by atoms with Gasteiger partial charge < -0.3 is 19.8 Å². The molecule has 3 aromatic rings. The molecule has 5 nitrogen and oxygen atoms in total. The average Bonchev–Trinajstić information content (AvgIpc) is 2.93. The fraction of sp³-hybridized carbons (Fsp3) is 0.227. The predicted octanol–water partition coefficient (Wildman–Crippen LogP) is 3.80. The van der Waals surface area contributed by atoms with Crippen LogP contribution in [0.15, 0.2) is 54.7 Å². The van der Waals surface area contributed by atoms with E-state index in [1.807, 2.05) is 49.4 Å². The van der Waals surface area contributed by atoms with Crippen molar-refractivity contribution in [3.63, 3.8) is 0 Å². The number of nitrogens with one attached hydrogen (secondary N) is 2. The third-order valence-corrected chi connectivity index (χ3v) is 4.67. The van der Waals surface area contributed by atoms with Crippen LogP contribution in [0.25, 0.3) is 16.5 Å². The summed E-state index contributed by atoms with van der Waals surface area (Å²) in [6.45, 7) is 3.41. The molecule has 0 fully saturated rings. The van der Waals surface area contributed by atoms with Gasteiger partial charge in [0.15, 0.2) is 0 Å². The molecule has 2 heterocycles. The van der Waals surface area contributed by atoms with E-state index in [1.165, 1.54) is 0 Å². The highest BCUT2D eigenvalue weighted by atomic mass is 16.5. The number of aromatic nitrogens is 1. The number of carbonyl (C=O) groups is 1. The van der Waals surface area contributed by atoms with Crippen LogP contribution in [0.2, 0.25) is 0 Å². The number of hydrogen-bond donors (Lipinski definition) is 2. The van der Waals surface area contributed by atoms with Crippen LogP contribution in [0.1, 0.15) is 23.7 Å². The highest BCUT2D eigenvalue weighted by Gasteiger charge is 2.24. The van der Waals surface area contributed by atoms with E-state index < -0.39 is 0 Å². The number of aromatic amines is 1. The van der Waals surface area contributed by atoms with Gasteiger partial charge in [0.1, 0.15) is 12.4 Å². The molecule has 4 rings (SSSR count). The standard InChI is InChI=1S/C22H22N2O3/c1-2-26-22(25)18-13-23-12-11-17-16-9-6-10-19(21(16)24-20(17)18)27-14-15-7-4-3-5-8-15/h3-10,13,23-24H,2,11-12,14H2,1H3. The van der Waals surface area contributed by atoms with Crippen LogP contribution in [-0.2, 0) is 22.6 Å². The van der Waals surface area contributed by atoms with E-state index in [2.05, 4.69) is 16.4 Å². The first-order chi connectivity index (χ1) is 13.3. The van der Waals surface area contributed by atoms with Gasteiger partial charge in [-0.05, 0) is 30.5 Å². The van der Waals surface area contributed by atoms with Crippen LogP contribution in [0.5, 0.6) is 5.75 Å². The van der Waals surface area contributed by atoms with E-state index in [-0.39, 0.29) is 5.97 Å². The van der Waals surface area contributed by atoms with Crippen LogP contribution < -0.4 is 10.1 Å². The summed E-state index contributed by atoms with van der Waals surface area (Å²) in [5.74, 6) is 0.451. The van der Waals surface area contributed by atoms with Gasteiger partial charge in [-0.25, -0.2) is 4.79 Å². The minimum Gasteiger partial charge on any atom is -0.487 e. The fourth-order valence-electron chi connectivity index (χ4n) is 3.41. The van der Waals surface area contributed by atoms with Gasteiger partial charge in [0, 0.05) is 18.1 Å². The van der Waals surface area contributed by atoms with Crippen molar-refractivity contribution in [1.82, 2.24) is 10.3 Å². The largest absolute Gasteiger partial charge is 0.487 e. The summed E-state index contributed by atoms with van der Waals surface area (Å²) in [5, 5.41) is 4.26. The molecule has 0 saturated heterocycles. The normalized spacial score (nSPS) is 13.3. The lowest BCUT2D eigenvalue weighted by atomic mass is 10.0. The molecular weight excluding hydrogens is 340 g/mol. The lowest BCUT2D eigenvalue weighted by Crippen LogP contribution is -2.11. The Balaban J connectivity index is 1.72. The minimum atomic E-state index is -0.327. The number of carbonyl (C=O) groups excluding carboxylic acids is 1. The molecular formula is C22H22N2O3. The van der Waals surface area contributed by atoms with E-state index in [4.69, 9.17) is 9.47 Å². The monoisotopic (exact) mass is 362 g/mol. The number of benzene rings is 2. The summed E-state index contributed by atoms with van der Waals surface area (Å²) in [4.78, 5) is 15.8. The Kier molecular flexibility index (Phi) is 4.83. The van der Waals surface area contributed by atoms with Crippen LogP contribution in [0.3, 0.4) is 0 Å². The van der Waals surface area contributed by atoms with Crippen molar-refractivity contribution >= 4 is 22.4 Å². The Morgan fingerprint density at radius 1 is 1.11 bits per heavy atom. The molecule has 0 atom stereocenters. The van der Waals surface area contributed by atoms with Gasteiger partial charge in [-0.3, -0.25) is 0 Å². The summed E-state index contributed by atoms with van der Waals surface area (Å²) < 4.78 is 11.3. The molecule has 0 amide bonds. The van der Waals surface area contributed by atoms with Crippen molar-refractivity contribution in [2.75, 3.05) is 13.2 Å². The summed E-state index contributed by atoms with van der Waals surface area (Å²) in [7, 11) is 0. The third-order valence-electron chi connectivity index (χ3n) is 4.67. The SMILES string of the molecule is CCOC(=O)C1=CNCCc2c1[nH]c1c(OCc3ccccc3)cccc21. The number of para-hydroxylation sites is 1. The second-order valence-corrected chi connectivity index (χ2v) is 6.41. The maximum atomic E-state index is 12.4. The van der Waals surface area contributed by atoms with E-state index in [9.17, 15) is 4.79 Å². The Morgan fingerprint density at radius 2 is 1.96 bits per heavy atom. The number of H-pyrrole nitrogens is 1. The zero-order valence-electron chi connectivity index (χ0n) is 15.2. The van der Waals surface area contributed by atoms with Crippen molar-refractivity contribution in [1.29, 1.82) is 0 Å². The minimum absolute atomic E-state index is 0.327. The van der Waals surface area contributed by atoms with Gasteiger partial charge in [0.25, 0.3) is 0 Å². The van der Waals surface area contributed by atoms with E-state index in [0.29, 0.717) is 18.8 Å². The molecule has 0 aliphatic carbocycles. The quantitative estimate of drug-likeness (QED) is 0.678. The zero-order valence-corrected chi connectivity index (χ0v) is 15.2. The Hall–Kier alpha value is -3.21. The maximum absolute atomic E-state index is 12.4. The lowest BCUT2D eigenvalue weighted by Gasteiger charge is -2.08. The summed E-state index contributed by atoms with van der Waals surface area (Å²) in [6, 6.07) is 16.1. The van der Waals surface area contributed by atoms with Crippen molar-refractivity contribution in [2.24, 2.45) is 0 Å². The third kappa shape index (κ3) is 3.40. The van der Waals surface area contributed by atoms with Crippen molar-refractivity contribution in [3.8, 4) is 5.75 Å². The smallest absolute Gasteiger partial charge is 0.341 e. The second kappa shape index (κ2) is 7.58. The number of rotatable bonds is 5. The first-order valence-corrected chi connectivity index (χ1v) is 9.19. The van der Waals surface area contributed by atoms with Crippen molar-refractivity contribution < 1.29 is 14.3 Å². The van der Waals surface area contributed by atoms with E-state index >= 15 is 0 Å². The van der Waals surface area contributed by atoms with Gasteiger partial charge in [0.2, 0.25) is 0 Å². The van der Waals surface area contributed by atoms with Crippen LogP contribution in [0.4, 0.5) is 0 Å². The molecule has 1 aliphatic rings. The molecule has 2 aromatic carbocycles. The Bertz CT molecular complexity index is 989. The topological polar surface area (TPSA) is 63.3 Å². The second-order valence-electron chi connectivity index (χ2n) is 6.41. The molecule has 2 N–H and O–H groups in total. The molecule has 0 bridgehead atoms. The Morgan fingerprint density at radius 3 is 2.78 bits per heavy atom. The fourth-order valence-corrected chi connectivity index (χ4v) is 3.41. The highest BCUT2D eigenvalue weighted by molar-refractivity contribution is 6.17. The number of hydrogen-bond acceptors (Lipinski definition) is 4. The molecule has 1 aliphatic heterocycles. The molecule has 27 heavy (non-hydrogen) atoms. The average molecular weight is 362 g/mol. The van der Waals surface area contributed by atoms with E-state index in [1.54, 1.807) is 6.20 Å². The Labute approximate surface area is 158 Å². The first-order valence-electron chi connectivity index (χ1n) is 9.19. The van der Waals surface area contributed by atoms with Crippen LogP contribution >= 0.6 is 0 Å². The van der Waals surface area contributed by atoms with Gasteiger partial charge in [-0.2, -0.15) is 0 Å². The van der Waals surface area contributed by atoms with E-state index in [0.717, 1.165) is 46.4 Å². The molecule has 0 saturated carbocycles. The number of esters is 1. The van der Waals surface area contributed by atoms with Gasteiger partial charge >= 0.3 is 5.97 Å². The van der Waals surface area contributed by atoms with Gasteiger partial charge in [0.05, 0.1) is 23.4 Å². The maximum Gasteiger partial charge on any atom is 0.341 e. The molecule has 5 heteroatoms. The molecule has 138 valence electrons. The summed E-state index contributed by atoms with van der Waals surface area (Å²) in [5.41, 5.74) is 4.47. The van der Waals surface area contributed by atoms with Crippen LogP contribution in [0, 0.1) is 0 Å². The highest BCUT2D eigenvalue weighted by Crippen LogP contribution is 2.34. The van der Waals surface area contributed by atoms with Crippen LogP contribution in [-0.4, -0.2) is 24.1 Å². The van der Waals surface area contributed by atoms with Gasteiger partial charge in [-0.1, -0.05) is 42.5 Å². The molecule has 0 unspecified atom stereocenters. The number of fused-ring (bicyclic) bond motifs is 3. The van der Waals surface area contributed by atoms with Crippen molar-refractivity contribution in [2.45, 2.75) is 20.0 Å². The molecule has 0 spiro atoms. The zero-order chi connectivity index (χ0) is 18.6. The van der Waals surface area contributed by atoms with Gasteiger partial charge in [-0.15, -0.1) is 0 Å². The summed E-state index contributed by atoms with van der Waals surface area (Å²) >= 11 is 0. The number of ether oxygens (including phenoxy) is 2. The molecule has 0 radical (unpaired) electrons. The first kappa shape index (κ1) is 17.2. The summed E-state index contributed by atoms with van der Waals surface area (Å²) in [6.07, 6.45) is 2.56. The molecule has 1 aromatic heterocycles. The van der Waals surface area contributed by atoms with Crippen molar-refractivity contribution in [3.05, 3.63) is 71.6 Å².